The van der Waals surface area contributed by atoms with Gasteiger partial charge in [-0.25, -0.2) is 0 Å². The third kappa shape index (κ3) is 2.64. The highest BCUT2D eigenvalue weighted by Gasteiger charge is 2.57. The molecular formula is C22H21NO3. The van der Waals surface area contributed by atoms with Gasteiger partial charge in [0.05, 0.1) is 18.6 Å². The molecule has 1 heterocycles. The van der Waals surface area contributed by atoms with Crippen LogP contribution in [0.25, 0.3) is 0 Å². The summed E-state index contributed by atoms with van der Waals surface area (Å²) >= 11 is 0. The molecule has 0 amide bonds. The fraction of sp³-hybridized carbons (Fsp3) is 0.409. The van der Waals surface area contributed by atoms with Crippen LogP contribution in [0.15, 0.2) is 48.5 Å². The number of hydrogen-bond acceptors (Lipinski definition) is 4. The number of nitrogens with zero attached hydrogens (tertiary/aromatic N) is 1. The van der Waals surface area contributed by atoms with Crippen molar-refractivity contribution in [2.45, 2.75) is 38.1 Å². The Morgan fingerprint density at radius 3 is 2.62 bits per heavy atom. The van der Waals surface area contributed by atoms with Crippen molar-refractivity contribution >= 4 is 0 Å². The molecule has 5 rings (SSSR count). The second-order valence-electron chi connectivity index (χ2n) is 7.56. The van der Waals surface area contributed by atoms with Gasteiger partial charge in [0.15, 0.2) is 11.5 Å². The summed E-state index contributed by atoms with van der Waals surface area (Å²) in [5, 5.41) is 9.21. The number of fused-ring (bicyclic) bond motifs is 1. The zero-order valence-electron chi connectivity index (χ0n) is 14.5. The Morgan fingerprint density at radius 1 is 1.00 bits per heavy atom. The Balaban J connectivity index is 1.45. The Labute approximate surface area is 153 Å². The molecule has 132 valence electrons. The monoisotopic (exact) mass is 347 g/mol. The van der Waals surface area contributed by atoms with Crippen molar-refractivity contribution in [3.8, 4) is 23.3 Å². The summed E-state index contributed by atoms with van der Waals surface area (Å²) in [5.74, 6) is 3.96. The average Bonchev–Trinajstić information content (AvgIpc) is 3.28. The molecular weight excluding hydrogens is 326 g/mol. The summed E-state index contributed by atoms with van der Waals surface area (Å²) in [6, 6.07) is 17.6. The molecule has 1 saturated heterocycles. The van der Waals surface area contributed by atoms with E-state index in [0.717, 1.165) is 17.2 Å². The minimum atomic E-state index is -0.226. The van der Waals surface area contributed by atoms with Crippen LogP contribution in [0.5, 0.6) is 17.2 Å². The van der Waals surface area contributed by atoms with Crippen molar-refractivity contribution in [2.24, 2.45) is 17.8 Å². The van der Waals surface area contributed by atoms with E-state index < -0.39 is 0 Å². The molecule has 2 aromatic rings. The van der Waals surface area contributed by atoms with Crippen LogP contribution < -0.4 is 9.47 Å². The van der Waals surface area contributed by atoms with Gasteiger partial charge < -0.3 is 14.2 Å². The molecule has 0 aromatic heterocycles. The second-order valence-corrected chi connectivity index (χ2v) is 7.56. The van der Waals surface area contributed by atoms with Crippen molar-refractivity contribution in [3.63, 3.8) is 0 Å². The van der Waals surface area contributed by atoms with Crippen LogP contribution in [0, 0.1) is 29.1 Å². The van der Waals surface area contributed by atoms with E-state index in [0.29, 0.717) is 29.4 Å². The molecule has 3 fully saturated rings. The van der Waals surface area contributed by atoms with E-state index in [2.05, 4.69) is 6.07 Å². The molecule has 4 heteroatoms. The van der Waals surface area contributed by atoms with Crippen molar-refractivity contribution in [2.75, 3.05) is 0 Å². The van der Waals surface area contributed by atoms with Gasteiger partial charge in [-0.15, -0.1) is 0 Å². The zero-order chi connectivity index (χ0) is 17.5. The van der Waals surface area contributed by atoms with Gasteiger partial charge in [0.25, 0.3) is 0 Å². The lowest BCUT2D eigenvalue weighted by molar-refractivity contribution is -0.0839. The quantitative estimate of drug-likeness (QED) is 0.787. The number of para-hydroxylation sites is 2. The minimum Gasteiger partial charge on any atom is -0.460 e. The number of ether oxygens (including phenoxy) is 3. The van der Waals surface area contributed by atoms with E-state index in [1.54, 1.807) is 0 Å². The van der Waals surface area contributed by atoms with E-state index >= 15 is 0 Å². The molecule has 2 aromatic carbocycles. The average molecular weight is 347 g/mol. The summed E-state index contributed by atoms with van der Waals surface area (Å²) in [4.78, 5) is 0. The fourth-order valence-corrected chi connectivity index (χ4v) is 4.93. The van der Waals surface area contributed by atoms with Crippen LogP contribution in [-0.4, -0.2) is 12.4 Å². The van der Waals surface area contributed by atoms with Crippen LogP contribution >= 0.6 is 0 Å². The highest BCUT2D eigenvalue weighted by atomic mass is 16.7. The zero-order valence-corrected chi connectivity index (χ0v) is 14.5. The highest BCUT2D eigenvalue weighted by Crippen LogP contribution is 2.56. The first-order valence-electron chi connectivity index (χ1n) is 9.35. The number of hydrogen-bond donors (Lipinski definition) is 0. The molecule has 4 nitrogen and oxygen atoms in total. The summed E-state index contributed by atoms with van der Waals surface area (Å²) in [6.07, 6.45) is 4.06. The second kappa shape index (κ2) is 6.34. The largest absolute Gasteiger partial charge is 0.460 e. The van der Waals surface area contributed by atoms with E-state index in [9.17, 15) is 5.26 Å². The van der Waals surface area contributed by atoms with Crippen LogP contribution in [0.4, 0.5) is 0 Å². The smallest absolute Gasteiger partial charge is 0.203 e. The van der Waals surface area contributed by atoms with Gasteiger partial charge in [-0.2, -0.15) is 5.26 Å². The lowest BCUT2D eigenvalue weighted by Crippen LogP contribution is -2.24. The van der Waals surface area contributed by atoms with Gasteiger partial charge in [0.2, 0.25) is 6.29 Å². The summed E-state index contributed by atoms with van der Waals surface area (Å²) in [5.41, 5.74) is 0.846. The molecule has 26 heavy (non-hydrogen) atoms. The van der Waals surface area contributed by atoms with Gasteiger partial charge >= 0.3 is 0 Å². The van der Waals surface area contributed by atoms with Crippen LogP contribution in [0.1, 0.15) is 24.8 Å². The van der Waals surface area contributed by atoms with Crippen molar-refractivity contribution in [3.05, 3.63) is 54.1 Å². The molecule has 0 spiro atoms. The maximum absolute atomic E-state index is 9.21. The molecule has 5 atom stereocenters. The van der Waals surface area contributed by atoms with E-state index in [1.165, 1.54) is 19.3 Å². The SMILES string of the molecule is N#CCc1cccc(Oc2ccccc2)c1O[C@@H]1O[C@H]2C[C@H]3CC1[C@@H]2C3. The minimum absolute atomic E-state index is 0.226. The topological polar surface area (TPSA) is 51.5 Å². The van der Waals surface area contributed by atoms with Gasteiger partial charge in [-0.1, -0.05) is 30.3 Å². The predicted molar refractivity (Wildman–Crippen MR) is 95.9 cm³/mol. The maximum Gasteiger partial charge on any atom is 0.203 e. The molecule has 0 N–H and O–H groups in total. The Morgan fingerprint density at radius 2 is 1.85 bits per heavy atom. The van der Waals surface area contributed by atoms with Gasteiger partial charge in [0.1, 0.15) is 5.75 Å². The molecule has 1 aliphatic heterocycles. The van der Waals surface area contributed by atoms with Crippen LogP contribution in [0.3, 0.4) is 0 Å². The van der Waals surface area contributed by atoms with Crippen molar-refractivity contribution in [1.29, 1.82) is 5.26 Å². The fourth-order valence-electron chi connectivity index (χ4n) is 4.93. The first-order chi connectivity index (χ1) is 12.8. The van der Waals surface area contributed by atoms with E-state index in [-0.39, 0.29) is 12.7 Å². The van der Waals surface area contributed by atoms with Gasteiger partial charge in [-0.05, 0) is 49.3 Å². The lowest BCUT2D eigenvalue weighted by atomic mass is 9.89. The third-order valence-electron chi connectivity index (χ3n) is 6.00. The first-order valence-corrected chi connectivity index (χ1v) is 9.35. The van der Waals surface area contributed by atoms with E-state index in [4.69, 9.17) is 14.2 Å². The molecule has 0 radical (unpaired) electrons. The lowest BCUT2D eigenvalue weighted by Gasteiger charge is -2.22. The molecule has 2 bridgehead atoms. The number of benzene rings is 2. The van der Waals surface area contributed by atoms with Gasteiger partial charge in [0, 0.05) is 11.5 Å². The Hall–Kier alpha value is -2.51. The summed E-state index contributed by atoms with van der Waals surface area (Å²) in [6.45, 7) is 0. The number of nitriles is 1. The van der Waals surface area contributed by atoms with Crippen LogP contribution in [0.2, 0.25) is 0 Å². The molecule has 2 aliphatic carbocycles. The van der Waals surface area contributed by atoms with Gasteiger partial charge in [-0.3, -0.25) is 0 Å². The Kier molecular flexibility index (Phi) is 3.83. The highest BCUT2D eigenvalue weighted by molar-refractivity contribution is 5.49. The van der Waals surface area contributed by atoms with Crippen LogP contribution in [-0.2, 0) is 11.2 Å². The normalized spacial score (nSPS) is 31.0. The summed E-state index contributed by atoms with van der Waals surface area (Å²) < 4.78 is 18.7. The van der Waals surface area contributed by atoms with E-state index in [1.807, 2.05) is 48.5 Å². The first kappa shape index (κ1) is 15.7. The standard InChI is InChI=1S/C22H21NO3/c23-10-9-15-5-4-8-19(24-16-6-2-1-3-7-16)21(15)26-22-18-12-14-11-17(18)20(13-14)25-22/h1-8,14,17-18,20,22H,9,11-13H2/t14-,17+,18?,20+,22+/m1/s1. The third-order valence-corrected chi connectivity index (χ3v) is 6.00. The molecule has 1 unspecified atom stereocenters. The Bertz CT molecular complexity index is 842. The molecule has 3 aliphatic rings. The molecule has 2 saturated carbocycles. The summed E-state index contributed by atoms with van der Waals surface area (Å²) in [7, 11) is 0. The van der Waals surface area contributed by atoms with Crippen molar-refractivity contribution in [1.82, 2.24) is 0 Å². The predicted octanol–water partition coefficient (Wildman–Crippen LogP) is 4.69. The number of rotatable bonds is 5. The maximum atomic E-state index is 9.21. The van der Waals surface area contributed by atoms with Crippen molar-refractivity contribution < 1.29 is 14.2 Å².